The van der Waals surface area contributed by atoms with Crippen molar-refractivity contribution in [3.8, 4) is 0 Å². The van der Waals surface area contributed by atoms with Gasteiger partial charge in [0.1, 0.15) is 0 Å². The van der Waals surface area contributed by atoms with Crippen LogP contribution in [0.1, 0.15) is 41.5 Å². The van der Waals surface area contributed by atoms with E-state index in [-0.39, 0.29) is 11.2 Å². The van der Waals surface area contributed by atoms with Gasteiger partial charge in [0.25, 0.3) is 0 Å². The third kappa shape index (κ3) is 8.50. The maximum Gasteiger partial charge on any atom is 0.332 e. The van der Waals surface area contributed by atoms with E-state index in [0.29, 0.717) is 0 Å². The Bertz CT molecular complexity index is 198. The Labute approximate surface area is 105 Å². The summed E-state index contributed by atoms with van der Waals surface area (Å²) in [6.45, 7) is 19.7. The molecule has 0 aliphatic carbocycles. The second kappa shape index (κ2) is 5.33. The van der Waals surface area contributed by atoms with Crippen molar-refractivity contribution in [1.82, 2.24) is 0 Å². The van der Waals surface area contributed by atoms with E-state index >= 15 is 0 Å². The molecule has 0 aromatic carbocycles. The lowest BCUT2D eigenvalue weighted by Gasteiger charge is -2.39. The van der Waals surface area contributed by atoms with Crippen LogP contribution < -0.4 is 0 Å². The fourth-order valence-electron chi connectivity index (χ4n) is 2.14. The van der Waals surface area contributed by atoms with Crippen molar-refractivity contribution in [2.45, 2.75) is 78.1 Å². The average molecular weight is 263 g/mol. The molecule has 0 unspecified atom stereocenters. The molecular formula is C12H30O2Si2. The summed E-state index contributed by atoms with van der Waals surface area (Å²) in [6, 6.07) is 0. The normalized spacial score (nSPS) is 14.6. The van der Waals surface area contributed by atoms with Gasteiger partial charge in [0.15, 0.2) is 0 Å². The standard InChI is InChI=1S/C12H30O2Si2/c1-11(2,3)13-16(9,10-15(7)8)14-12(4,5)6/h15H,10H2,1-9H3. The minimum atomic E-state index is -2.02. The fraction of sp³-hybridized carbons (Fsp3) is 1.00. The van der Waals surface area contributed by atoms with Crippen molar-refractivity contribution in [3.05, 3.63) is 0 Å². The molecule has 0 aliphatic rings. The zero-order valence-corrected chi connectivity index (χ0v) is 14.8. The van der Waals surface area contributed by atoms with Gasteiger partial charge in [-0.15, -0.1) is 0 Å². The van der Waals surface area contributed by atoms with Gasteiger partial charge in [0.05, 0.1) is 11.2 Å². The van der Waals surface area contributed by atoms with E-state index < -0.39 is 17.4 Å². The number of rotatable bonds is 4. The van der Waals surface area contributed by atoms with E-state index in [0.717, 1.165) is 0 Å². The maximum absolute atomic E-state index is 6.26. The van der Waals surface area contributed by atoms with Crippen LogP contribution in [0.2, 0.25) is 25.3 Å². The van der Waals surface area contributed by atoms with Gasteiger partial charge in [-0.25, -0.2) is 0 Å². The first-order chi connectivity index (χ1) is 6.83. The third-order valence-corrected chi connectivity index (χ3v) is 10.1. The molecule has 0 heterocycles. The highest BCUT2D eigenvalue weighted by Gasteiger charge is 2.40. The van der Waals surface area contributed by atoms with Crippen LogP contribution in [0.15, 0.2) is 0 Å². The molecule has 0 aliphatic heterocycles. The van der Waals surface area contributed by atoms with Gasteiger partial charge >= 0.3 is 8.56 Å². The molecule has 16 heavy (non-hydrogen) atoms. The van der Waals surface area contributed by atoms with Crippen molar-refractivity contribution < 1.29 is 8.85 Å². The summed E-state index contributed by atoms with van der Waals surface area (Å²) in [6.07, 6.45) is 0. The lowest BCUT2D eigenvalue weighted by atomic mass is 10.2. The predicted octanol–water partition coefficient (Wildman–Crippen LogP) is 3.71. The smallest absolute Gasteiger partial charge is 0.332 e. The minimum Gasteiger partial charge on any atom is -0.390 e. The van der Waals surface area contributed by atoms with E-state index in [1.807, 2.05) is 0 Å². The highest BCUT2D eigenvalue weighted by atomic mass is 28.4. The summed E-state index contributed by atoms with van der Waals surface area (Å²) < 4.78 is 12.5. The van der Waals surface area contributed by atoms with Crippen molar-refractivity contribution in [3.63, 3.8) is 0 Å². The van der Waals surface area contributed by atoms with E-state index in [4.69, 9.17) is 8.85 Å². The molecule has 0 rings (SSSR count). The van der Waals surface area contributed by atoms with Gasteiger partial charge in [-0.3, -0.25) is 0 Å². The van der Waals surface area contributed by atoms with E-state index in [1.54, 1.807) is 0 Å². The minimum absolute atomic E-state index is 0.102. The molecule has 0 radical (unpaired) electrons. The summed E-state index contributed by atoms with van der Waals surface area (Å²) in [4.78, 5) is 0. The van der Waals surface area contributed by atoms with E-state index in [1.165, 1.54) is 5.67 Å². The molecule has 4 heteroatoms. The quantitative estimate of drug-likeness (QED) is 0.719. The summed E-state index contributed by atoms with van der Waals surface area (Å²) >= 11 is 0. The average Bonchev–Trinajstić information content (AvgIpc) is 1.69. The Kier molecular flexibility index (Phi) is 5.45. The first kappa shape index (κ1) is 16.4. The van der Waals surface area contributed by atoms with Crippen molar-refractivity contribution in [1.29, 1.82) is 0 Å². The van der Waals surface area contributed by atoms with Gasteiger partial charge in [-0.05, 0) is 53.8 Å². The molecule has 2 nitrogen and oxygen atoms in total. The monoisotopic (exact) mass is 262 g/mol. The lowest BCUT2D eigenvalue weighted by molar-refractivity contribution is 0.0199. The summed E-state index contributed by atoms with van der Waals surface area (Å²) in [5, 5.41) is 0. The first-order valence-electron chi connectivity index (χ1n) is 6.23. The molecule has 0 N–H and O–H groups in total. The van der Waals surface area contributed by atoms with Crippen LogP contribution in [-0.4, -0.2) is 28.6 Å². The van der Waals surface area contributed by atoms with Crippen LogP contribution in [0.4, 0.5) is 0 Å². The van der Waals surface area contributed by atoms with Gasteiger partial charge in [-0.2, -0.15) is 0 Å². The summed E-state index contributed by atoms with van der Waals surface area (Å²) in [5.74, 6) is 0. The molecule has 0 spiro atoms. The molecule has 0 saturated carbocycles. The van der Waals surface area contributed by atoms with Gasteiger partial charge in [0.2, 0.25) is 0 Å². The third-order valence-electron chi connectivity index (χ3n) is 1.82. The zero-order valence-electron chi connectivity index (χ0n) is 12.6. The van der Waals surface area contributed by atoms with Crippen molar-refractivity contribution >= 4 is 17.4 Å². The predicted molar refractivity (Wildman–Crippen MR) is 77.0 cm³/mol. The highest BCUT2D eigenvalue weighted by Crippen LogP contribution is 2.27. The molecule has 0 saturated heterocycles. The van der Waals surface area contributed by atoms with E-state index in [9.17, 15) is 0 Å². The molecule has 0 bridgehead atoms. The SMILES string of the molecule is C[SiH](C)C[Si](C)(OC(C)(C)C)OC(C)(C)C. The fourth-order valence-corrected chi connectivity index (χ4v) is 11.4. The number of hydrogen-bond donors (Lipinski definition) is 0. The Morgan fingerprint density at radius 1 is 0.875 bits per heavy atom. The Balaban J connectivity index is 4.75. The molecule has 0 atom stereocenters. The summed E-state index contributed by atoms with van der Waals surface area (Å²) in [5.41, 5.74) is 0.979. The second-order valence-corrected chi connectivity index (χ2v) is 14.3. The van der Waals surface area contributed by atoms with Crippen LogP contribution in [0.3, 0.4) is 0 Å². The highest BCUT2D eigenvalue weighted by molar-refractivity contribution is 6.80. The molecule has 0 aromatic heterocycles. The molecule has 0 aromatic rings. The Hall–Kier alpha value is 0.354. The second-order valence-electron chi connectivity index (χ2n) is 7.16. The van der Waals surface area contributed by atoms with Crippen LogP contribution in [0.25, 0.3) is 0 Å². The van der Waals surface area contributed by atoms with Gasteiger partial charge in [-0.1, -0.05) is 13.1 Å². The maximum atomic E-state index is 6.26. The van der Waals surface area contributed by atoms with Gasteiger partial charge in [0, 0.05) is 8.80 Å². The first-order valence-corrected chi connectivity index (χ1v) is 11.9. The van der Waals surface area contributed by atoms with Crippen LogP contribution >= 0.6 is 0 Å². The largest absolute Gasteiger partial charge is 0.390 e. The number of hydrogen-bond acceptors (Lipinski definition) is 2. The Morgan fingerprint density at radius 3 is 1.38 bits per heavy atom. The molecular weight excluding hydrogens is 232 g/mol. The van der Waals surface area contributed by atoms with Crippen LogP contribution in [0.5, 0.6) is 0 Å². The van der Waals surface area contributed by atoms with Crippen molar-refractivity contribution in [2.75, 3.05) is 0 Å². The van der Waals surface area contributed by atoms with Gasteiger partial charge < -0.3 is 8.85 Å². The molecule has 98 valence electrons. The lowest BCUT2D eigenvalue weighted by Crippen LogP contribution is -2.51. The molecule has 0 amide bonds. The van der Waals surface area contributed by atoms with Crippen LogP contribution in [-0.2, 0) is 8.85 Å². The Morgan fingerprint density at radius 2 is 1.19 bits per heavy atom. The zero-order chi connectivity index (χ0) is 13.2. The molecule has 0 fully saturated rings. The summed E-state index contributed by atoms with van der Waals surface area (Å²) in [7, 11) is -2.68. The van der Waals surface area contributed by atoms with Crippen molar-refractivity contribution in [2.24, 2.45) is 0 Å². The topological polar surface area (TPSA) is 18.5 Å². The van der Waals surface area contributed by atoms with Crippen LogP contribution in [0, 0.1) is 0 Å². The van der Waals surface area contributed by atoms with E-state index in [2.05, 4.69) is 61.2 Å².